The lowest BCUT2D eigenvalue weighted by Crippen LogP contribution is -2.19. The average molecular weight is 313 g/mol. The summed E-state index contributed by atoms with van der Waals surface area (Å²) in [6.07, 6.45) is 0. The first kappa shape index (κ1) is 15.9. The van der Waals surface area contributed by atoms with Crippen molar-refractivity contribution in [2.24, 2.45) is 0 Å². The molecule has 2 aromatic rings. The van der Waals surface area contributed by atoms with Crippen LogP contribution in [0.2, 0.25) is 0 Å². The van der Waals surface area contributed by atoms with Crippen LogP contribution >= 0.6 is 0 Å². The number of esters is 1. The Balaban J connectivity index is 3.02. The smallest absolute Gasteiger partial charge is 0.340 e. The molecule has 1 heterocycles. The molecule has 0 fully saturated rings. The van der Waals surface area contributed by atoms with Gasteiger partial charge in [0, 0.05) is 17.3 Å². The number of methoxy groups -OCH3 is 1. The fourth-order valence-electron chi connectivity index (χ4n) is 2.30. The number of H-pyrrole nitrogens is 1. The molecular formula is C15H11N3O5. The Hall–Kier alpha value is -3.47. The van der Waals surface area contributed by atoms with Gasteiger partial charge in [0.15, 0.2) is 0 Å². The van der Waals surface area contributed by atoms with E-state index in [1.807, 2.05) is 0 Å². The molecule has 0 amide bonds. The number of ether oxygens (including phenoxy) is 1. The SMILES string of the molecule is COC(=O)c1c(C)[nH]c(=O)c(C#N)c1-c1ccccc1[N+](=O)[O-]. The molecule has 0 bridgehead atoms. The van der Waals surface area contributed by atoms with E-state index >= 15 is 0 Å². The summed E-state index contributed by atoms with van der Waals surface area (Å²) in [5.41, 5.74) is -1.46. The van der Waals surface area contributed by atoms with Crippen LogP contribution in [0.15, 0.2) is 29.1 Å². The van der Waals surface area contributed by atoms with Crippen LogP contribution in [0.25, 0.3) is 11.1 Å². The third-order valence-electron chi connectivity index (χ3n) is 3.27. The van der Waals surface area contributed by atoms with Crippen LogP contribution < -0.4 is 5.56 Å². The molecule has 0 saturated heterocycles. The summed E-state index contributed by atoms with van der Waals surface area (Å²) >= 11 is 0. The number of hydrogen-bond acceptors (Lipinski definition) is 6. The number of nitrogens with zero attached hydrogens (tertiary/aromatic N) is 2. The van der Waals surface area contributed by atoms with E-state index in [1.165, 1.54) is 31.2 Å². The van der Waals surface area contributed by atoms with Gasteiger partial charge in [0.2, 0.25) is 0 Å². The fourth-order valence-corrected chi connectivity index (χ4v) is 2.30. The number of benzene rings is 1. The summed E-state index contributed by atoms with van der Waals surface area (Å²) in [6.45, 7) is 1.45. The number of pyridine rings is 1. The Kier molecular flexibility index (Phi) is 4.23. The molecule has 0 aliphatic rings. The number of para-hydroxylation sites is 1. The number of aryl methyl sites for hydroxylation is 1. The molecule has 23 heavy (non-hydrogen) atoms. The lowest BCUT2D eigenvalue weighted by Gasteiger charge is -2.12. The topological polar surface area (TPSA) is 126 Å². The molecule has 1 aromatic carbocycles. The number of carbonyl (C=O) groups excluding carboxylic acids is 1. The van der Waals surface area contributed by atoms with Gasteiger partial charge in [-0.2, -0.15) is 5.26 Å². The second kappa shape index (κ2) is 6.11. The largest absolute Gasteiger partial charge is 0.465 e. The lowest BCUT2D eigenvalue weighted by molar-refractivity contribution is -0.384. The third-order valence-corrected chi connectivity index (χ3v) is 3.27. The quantitative estimate of drug-likeness (QED) is 0.524. The van der Waals surface area contributed by atoms with Gasteiger partial charge in [0.1, 0.15) is 11.6 Å². The zero-order chi connectivity index (χ0) is 17.1. The van der Waals surface area contributed by atoms with Crippen molar-refractivity contribution in [3.05, 3.63) is 61.6 Å². The molecule has 0 unspecified atom stereocenters. The Morgan fingerprint density at radius 1 is 1.39 bits per heavy atom. The summed E-state index contributed by atoms with van der Waals surface area (Å²) in [5, 5.41) is 20.5. The van der Waals surface area contributed by atoms with Gasteiger partial charge in [-0.1, -0.05) is 12.1 Å². The first-order valence-electron chi connectivity index (χ1n) is 6.41. The number of nitriles is 1. The molecule has 2 rings (SSSR count). The van der Waals surface area contributed by atoms with Gasteiger partial charge in [0.25, 0.3) is 11.2 Å². The zero-order valence-electron chi connectivity index (χ0n) is 12.2. The minimum absolute atomic E-state index is 0.00338. The molecule has 116 valence electrons. The molecule has 0 aliphatic carbocycles. The van der Waals surface area contributed by atoms with Crippen molar-refractivity contribution >= 4 is 11.7 Å². The van der Waals surface area contributed by atoms with Gasteiger partial charge in [0.05, 0.1) is 23.2 Å². The fraction of sp³-hybridized carbons (Fsp3) is 0.133. The van der Waals surface area contributed by atoms with E-state index in [0.29, 0.717) is 0 Å². The lowest BCUT2D eigenvalue weighted by atomic mass is 9.93. The van der Waals surface area contributed by atoms with Gasteiger partial charge in [-0.3, -0.25) is 14.9 Å². The predicted octanol–water partition coefficient (Wildman–Crippen LogP) is 1.92. The number of aromatic amines is 1. The molecule has 1 N–H and O–H groups in total. The van der Waals surface area contributed by atoms with Crippen LogP contribution in [0.3, 0.4) is 0 Å². The van der Waals surface area contributed by atoms with E-state index in [1.54, 1.807) is 6.07 Å². The molecule has 8 heteroatoms. The highest BCUT2D eigenvalue weighted by Gasteiger charge is 2.27. The first-order valence-corrected chi connectivity index (χ1v) is 6.41. The van der Waals surface area contributed by atoms with Crippen molar-refractivity contribution in [2.45, 2.75) is 6.92 Å². The second-order valence-corrected chi connectivity index (χ2v) is 4.58. The third kappa shape index (κ3) is 2.67. The van der Waals surface area contributed by atoms with Crippen LogP contribution in [0.4, 0.5) is 5.69 Å². The number of nitrogens with one attached hydrogen (secondary N) is 1. The summed E-state index contributed by atoms with van der Waals surface area (Å²) in [5.74, 6) is -0.802. The zero-order valence-corrected chi connectivity index (χ0v) is 12.2. The highest BCUT2D eigenvalue weighted by Crippen LogP contribution is 2.34. The van der Waals surface area contributed by atoms with Gasteiger partial charge in [-0.25, -0.2) is 4.79 Å². The van der Waals surface area contributed by atoms with E-state index in [0.717, 1.165) is 7.11 Å². The van der Waals surface area contributed by atoms with Gasteiger partial charge in [-0.15, -0.1) is 0 Å². The van der Waals surface area contributed by atoms with Crippen LogP contribution in [0, 0.1) is 28.4 Å². The van der Waals surface area contributed by atoms with E-state index in [2.05, 4.69) is 9.72 Å². The maximum Gasteiger partial charge on any atom is 0.340 e. The Morgan fingerprint density at radius 2 is 2.04 bits per heavy atom. The molecule has 1 aromatic heterocycles. The van der Waals surface area contributed by atoms with Crippen LogP contribution in [0.1, 0.15) is 21.6 Å². The summed E-state index contributed by atoms with van der Waals surface area (Å²) in [6, 6.07) is 7.27. The van der Waals surface area contributed by atoms with Crippen molar-refractivity contribution in [1.29, 1.82) is 5.26 Å². The second-order valence-electron chi connectivity index (χ2n) is 4.58. The molecule has 0 aliphatic heterocycles. The maximum absolute atomic E-state index is 12.1. The van der Waals surface area contributed by atoms with Crippen molar-refractivity contribution in [2.75, 3.05) is 7.11 Å². The average Bonchev–Trinajstić information content (AvgIpc) is 2.53. The van der Waals surface area contributed by atoms with Gasteiger partial charge >= 0.3 is 5.97 Å². The summed E-state index contributed by atoms with van der Waals surface area (Å²) in [4.78, 5) is 37.0. The predicted molar refractivity (Wildman–Crippen MR) is 79.9 cm³/mol. The monoisotopic (exact) mass is 313 g/mol. The summed E-state index contributed by atoms with van der Waals surface area (Å²) < 4.78 is 4.68. The Bertz CT molecular complexity index is 908. The number of carbonyl (C=O) groups is 1. The number of hydrogen-bond donors (Lipinski definition) is 1. The van der Waals surface area contributed by atoms with E-state index in [-0.39, 0.29) is 33.6 Å². The van der Waals surface area contributed by atoms with Crippen molar-refractivity contribution < 1.29 is 14.5 Å². The normalized spacial score (nSPS) is 9.96. The minimum atomic E-state index is -0.802. The first-order chi connectivity index (χ1) is 10.9. The van der Waals surface area contributed by atoms with E-state index < -0.39 is 16.5 Å². The van der Waals surface area contributed by atoms with Crippen molar-refractivity contribution in [3.8, 4) is 17.2 Å². The highest BCUT2D eigenvalue weighted by molar-refractivity contribution is 6.01. The molecule has 0 spiro atoms. The van der Waals surface area contributed by atoms with Gasteiger partial charge in [-0.05, 0) is 13.0 Å². The Morgan fingerprint density at radius 3 is 2.61 bits per heavy atom. The van der Waals surface area contributed by atoms with E-state index in [9.17, 15) is 25.0 Å². The van der Waals surface area contributed by atoms with Crippen molar-refractivity contribution in [1.82, 2.24) is 4.98 Å². The highest BCUT2D eigenvalue weighted by atomic mass is 16.6. The van der Waals surface area contributed by atoms with Crippen LogP contribution in [-0.2, 0) is 4.74 Å². The number of aromatic nitrogens is 1. The van der Waals surface area contributed by atoms with Gasteiger partial charge < -0.3 is 9.72 Å². The molecule has 8 nitrogen and oxygen atoms in total. The number of rotatable bonds is 3. The van der Waals surface area contributed by atoms with Crippen LogP contribution in [0.5, 0.6) is 0 Å². The maximum atomic E-state index is 12.1. The molecule has 0 radical (unpaired) electrons. The molecular weight excluding hydrogens is 302 g/mol. The van der Waals surface area contributed by atoms with Crippen molar-refractivity contribution in [3.63, 3.8) is 0 Å². The van der Waals surface area contributed by atoms with E-state index in [4.69, 9.17) is 0 Å². The Labute approximate surface area is 130 Å². The number of nitro groups is 1. The number of nitro benzene ring substituents is 1. The minimum Gasteiger partial charge on any atom is -0.465 e. The summed E-state index contributed by atoms with van der Waals surface area (Å²) in [7, 11) is 1.14. The standard InChI is InChI=1S/C15H11N3O5/c1-8-12(15(20)23-2)13(10(7-16)14(19)17-8)9-5-3-4-6-11(9)18(21)22/h3-6H,1-2H3,(H,17,19). The van der Waals surface area contributed by atoms with Crippen LogP contribution in [-0.4, -0.2) is 23.0 Å². The molecule has 0 saturated carbocycles. The molecule has 0 atom stereocenters.